The zero-order valence-electron chi connectivity index (χ0n) is 11.6. The number of hydrogen-bond donors (Lipinski definition) is 1. The molecular weight excluding hydrogens is 202 g/mol. The van der Waals surface area contributed by atoms with E-state index in [0.29, 0.717) is 19.3 Å². The zero-order valence-corrected chi connectivity index (χ0v) is 11.6. The molecule has 1 N–H and O–H groups in total. The first-order valence-electron chi connectivity index (χ1n) is 6.56. The fourth-order valence-electron chi connectivity index (χ4n) is 1.82. The largest absolute Gasteiger partial charge is 0.353 e. The predicted molar refractivity (Wildman–Crippen MR) is 68.6 cm³/mol. The van der Waals surface area contributed by atoms with E-state index >= 15 is 0 Å². The molecule has 0 saturated carbocycles. The van der Waals surface area contributed by atoms with Gasteiger partial charge in [0.2, 0.25) is 0 Å². The van der Waals surface area contributed by atoms with Crippen molar-refractivity contribution in [2.45, 2.75) is 59.8 Å². The molecule has 0 radical (unpaired) electrons. The van der Waals surface area contributed by atoms with Gasteiger partial charge in [0.05, 0.1) is 0 Å². The highest BCUT2D eigenvalue weighted by Crippen LogP contribution is 2.05. The lowest BCUT2D eigenvalue weighted by atomic mass is 10.1. The van der Waals surface area contributed by atoms with Crippen LogP contribution in [0.1, 0.15) is 47.5 Å². The summed E-state index contributed by atoms with van der Waals surface area (Å²) in [4.78, 5) is 0. The highest BCUT2D eigenvalue weighted by molar-refractivity contribution is 4.63. The first-order chi connectivity index (χ1) is 7.60. The molecule has 0 aliphatic heterocycles. The van der Waals surface area contributed by atoms with Gasteiger partial charge >= 0.3 is 0 Å². The molecule has 0 heterocycles. The van der Waals surface area contributed by atoms with Crippen molar-refractivity contribution in [1.29, 1.82) is 0 Å². The van der Waals surface area contributed by atoms with Gasteiger partial charge < -0.3 is 14.8 Å². The lowest BCUT2D eigenvalue weighted by Crippen LogP contribution is -2.31. The van der Waals surface area contributed by atoms with Gasteiger partial charge in [0.25, 0.3) is 0 Å². The third-order valence-electron chi connectivity index (χ3n) is 2.40. The predicted octanol–water partition coefficient (Wildman–Crippen LogP) is 2.80. The SMILES string of the molecule is CCOC(CCNC(C)CC(C)C)OCC. The lowest BCUT2D eigenvalue weighted by Gasteiger charge is -2.20. The Kier molecular flexibility index (Phi) is 9.99. The summed E-state index contributed by atoms with van der Waals surface area (Å²) in [6.07, 6.45) is 2.09. The van der Waals surface area contributed by atoms with Gasteiger partial charge in [-0.2, -0.15) is 0 Å². The van der Waals surface area contributed by atoms with E-state index < -0.39 is 0 Å². The van der Waals surface area contributed by atoms with Gasteiger partial charge in [-0.25, -0.2) is 0 Å². The maximum absolute atomic E-state index is 5.48. The summed E-state index contributed by atoms with van der Waals surface area (Å²) in [5.74, 6) is 0.747. The van der Waals surface area contributed by atoms with Crippen LogP contribution in [0.3, 0.4) is 0 Å². The van der Waals surface area contributed by atoms with Crippen molar-refractivity contribution in [3.8, 4) is 0 Å². The van der Waals surface area contributed by atoms with E-state index in [-0.39, 0.29) is 6.29 Å². The molecule has 0 aliphatic carbocycles. The Hall–Kier alpha value is -0.120. The third-order valence-corrected chi connectivity index (χ3v) is 2.40. The van der Waals surface area contributed by atoms with Crippen LogP contribution in [0.2, 0.25) is 0 Å². The number of nitrogens with one attached hydrogen (secondary N) is 1. The summed E-state index contributed by atoms with van der Waals surface area (Å²) in [5.41, 5.74) is 0. The molecule has 0 bridgehead atoms. The Labute approximate surface area is 101 Å². The highest BCUT2D eigenvalue weighted by atomic mass is 16.7. The Balaban J connectivity index is 3.59. The van der Waals surface area contributed by atoms with Crippen molar-refractivity contribution in [2.75, 3.05) is 19.8 Å². The van der Waals surface area contributed by atoms with Crippen LogP contribution >= 0.6 is 0 Å². The number of rotatable bonds is 10. The maximum atomic E-state index is 5.48. The normalized spacial score (nSPS) is 13.7. The van der Waals surface area contributed by atoms with E-state index in [0.717, 1.165) is 18.9 Å². The van der Waals surface area contributed by atoms with Crippen LogP contribution in [-0.4, -0.2) is 32.1 Å². The fourth-order valence-corrected chi connectivity index (χ4v) is 1.82. The summed E-state index contributed by atoms with van der Waals surface area (Å²) < 4.78 is 11.0. The summed E-state index contributed by atoms with van der Waals surface area (Å²) in [6, 6.07) is 0.573. The van der Waals surface area contributed by atoms with E-state index in [4.69, 9.17) is 9.47 Å². The second-order valence-corrected chi connectivity index (χ2v) is 4.61. The molecule has 0 saturated heterocycles. The van der Waals surface area contributed by atoms with Gasteiger partial charge in [-0.3, -0.25) is 0 Å². The topological polar surface area (TPSA) is 30.5 Å². The van der Waals surface area contributed by atoms with Crippen LogP contribution in [0.25, 0.3) is 0 Å². The highest BCUT2D eigenvalue weighted by Gasteiger charge is 2.09. The summed E-state index contributed by atoms with van der Waals surface area (Å²) in [5, 5.41) is 3.50. The van der Waals surface area contributed by atoms with Gasteiger partial charge in [-0.15, -0.1) is 0 Å². The van der Waals surface area contributed by atoms with E-state index in [9.17, 15) is 0 Å². The van der Waals surface area contributed by atoms with Crippen LogP contribution < -0.4 is 5.32 Å². The molecular formula is C13H29NO2. The third kappa shape index (κ3) is 9.13. The molecule has 0 aromatic rings. The molecule has 0 aromatic carbocycles. The molecule has 0 fully saturated rings. The minimum atomic E-state index is -0.0475. The first-order valence-corrected chi connectivity index (χ1v) is 6.56. The fraction of sp³-hybridized carbons (Fsp3) is 1.00. The summed E-state index contributed by atoms with van der Waals surface area (Å²) in [6.45, 7) is 13.1. The smallest absolute Gasteiger partial charge is 0.158 e. The second kappa shape index (κ2) is 10.1. The lowest BCUT2D eigenvalue weighted by molar-refractivity contribution is -0.138. The van der Waals surface area contributed by atoms with Crippen molar-refractivity contribution in [3.63, 3.8) is 0 Å². The molecule has 0 rings (SSSR count). The average molecular weight is 231 g/mol. The first kappa shape index (κ1) is 15.9. The van der Waals surface area contributed by atoms with Crippen molar-refractivity contribution in [3.05, 3.63) is 0 Å². The van der Waals surface area contributed by atoms with E-state index in [1.165, 1.54) is 6.42 Å². The Morgan fingerprint density at radius 1 is 1.00 bits per heavy atom. The van der Waals surface area contributed by atoms with Gasteiger partial charge in [0.1, 0.15) is 0 Å². The van der Waals surface area contributed by atoms with Gasteiger partial charge in [0, 0.05) is 32.2 Å². The molecule has 3 nitrogen and oxygen atoms in total. The van der Waals surface area contributed by atoms with Gasteiger partial charge in [0.15, 0.2) is 6.29 Å². The van der Waals surface area contributed by atoms with Crippen molar-refractivity contribution >= 4 is 0 Å². The van der Waals surface area contributed by atoms with Crippen molar-refractivity contribution in [2.24, 2.45) is 5.92 Å². The maximum Gasteiger partial charge on any atom is 0.158 e. The molecule has 1 atom stereocenters. The van der Waals surface area contributed by atoms with Crippen molar-refractivity contribution < 1.29 is 9.47 Å². The molecule has 0 aromatic heterocycles. The van der Waals surface area contributed by atoms with Crippen LogP contribution in [0, 0.1) is 5.92 Å². The van der Waals surface area contributed by atoms with Crippen molar-refractivity contribution in [1.82, 2.24) is 5.32 Å². The van der Waals surface area contributed by atoms with Gasteiger partial charge in [-0.05, 0) is 33.1 Å². The molecule has 1 unspecified atom stereocenters. The molecule has 3 heteroatoms. The molecule has 98 valence electrons. The minimum Gasteiger partial charge on any atom is -0.353 e. The van der Waals surface area contributed by atoms with E-state index in [2.05, 4.69) is 26.1 Å². The Bertz CT molecular complexity index is 145. The summed E-state index contributed by atoms with van der Waals surface area (Å²) in [7, 11) is 0. The Morgan fingerprint density at radius 2 is 1.56 bits per heavy atom. The zero-order chi connectivity index (χ0) is 12.4. The number of ether oxygens (including phenoxy) is 2. The van der Waals surface area contributed by atoms with Crippen LogP contribution in [0.5, 0.6) is 0 Å². The van der Waals surface area contributed by atoms with Crippen LogP contribution in [0.15, 0.2) is 0 Å². The number of hydrogen-bond acceptors (Lipinski definition) is 3. The van der Waals surface area contributed by atoms with E-state index in [1.54, 1.807) is 0 Å². The molecule has 16 heavy (non-hydrogen) atoms. The molecule has 0 amide bonds. The van der Waals surface area contributed by atoms with E-state index in [1.807, 2.05) is 13.8 Å². The second-order valence-electron chi connectivity index (χ2n) is 4.61. The van der Waals surface area contributed by atoms with Gasteiger partial charge in [-0.1, -0.05) is 13.8 Å². The average Bonchev–Trinajstić information content (AvgIpc) is 2.17. The monoisotopic (exact) mass is 231 g/mol. The Morgan fingerprint density at radius 3 is 2.00 bits per heavy atom. The summed E-state index contributed by atoms with van der Waals surface area (Å²) >= 11 is 0. The van der Waals surface area contributed by atoms with Crippen LogP contribution in [0.4, 0.5) is 0 Å². The molecule has 0 spiro atoms. The minimum absolute atomic E-state index is 0.0475. The quantitative estimate of drug-likeness (QED) is 0.586. The van der Waals surface area contributed by atoms with Crippen LogP contribution in [-0.2, 0) is 9.47 Å². The molecule has 0 aliphatic rings. The standard InChI is InChI=1S/C13H29NO2/c1-6-15-13(16-7-2)8-9-14-12(5)10-11(3)4/h11-14H,6-10H2,1-5H3.